The van der Waals surface area contributed by atoms with Gasteiger partial charge in [0.2, 0.25) is 5.13 Å². The molecule has 0 aliphatic carbocycles. The lowest BCUT2D eigenvalue weighted by Gasteiger charge is -2.25. The molecule has 2 heterocycles. The monoisotopic (exact) mass is 295 g/mol. The molecule has 0 aromatic carbocycles. The van der Waals surface area contributed by atoms with Gasteiger partial charge in [-0.2, -0.15) is 17.5 Å². The van der Waals surface area contributed by atoms with E-state index in [1.54, 1.807) is 0 Å². The number of aromatic nitrogens is 2. The third kappa shape index (κ3) is 2.69. The molecule has 1 fully saturated rings. The van der Waals surface area contributed by atoms with Crippen molar-refractivity contribution in [1.82, 2.24) is 9.36 Å². The van der Waals surface area contributed by atoms with Gasteiger partial charge in [-0.1, -0.05) is 20.8 Å². The predicted octanol–water partition coefficient (Wildman–Crippen LogP) is 2.34. The number of hydrogen-bond donors (Lipinski definition) is 1. The smallest absolute Gasteiger partial charge is 0.379 e. The standard InChI is InChI=1S/C11H16F3N3OS/c1-9(2,3)7-15-8(19-16-7)17-5-4-10(18,6-17)11(12,13)14/h18H,4-6H2,1-3H3. The van der Waals surface area contributed by atoms with Crippen molar-refractivity contribution < 1.29 is 18.3 Å². The molecule has 19 heavy (non-hydrogen) atoms. The van der Waals surface area contributed by atoms with Crippen molar-refractivity contribution in [2.75, 3.05) is 18.0 Å². The Balaban J connectivity index is 2.16. The second-order valence-corrected chi connectivity index (χ2v) is 6.58. The second kappa shape index (κ2) is 4.31. The van der Waals surface area contributed by atoms with Crippen molar-refractivity contribution in [3.8, 4) is 0 Å². The van der Waals surface area contributed by atoms with Crippen LogP contribution in [0.4, 0.5) is 18.3 Å². The van der Waals surface area contributed by atoms with E-state index in [9.17, 15) is 18.3 Å². The van der Waals surface area contributed by atoms with Crippen LogP contribution in [0.3, 0.4) is 0 Å². The van der Waals surface area contributed by atoms with Crippen molar-refractivity contribution in [1.29, 1.82) is 0 Å². The first kappa shape index (κ1) is 14.5. The van der Waals surface area contributed by atoms with Gasteiger partial charge in [0.25, 0.3) is 0 Å². The summed E-state index contributed by atoms with van der Waals surface area (Å²) >= 11 is 1.07. The van der Waals surface area contributed by atoms with Crippen molar-refractivity contribution in [3.05, 3.63) is 5.82 Å². The highest BCUT2D eigenvalue weighted by Gasteiger charge is 2.57. The van der Waals surface area contributed by atoms with E-state index in [0.717, 1.165) is 11.5 Å². The molecule has 0 radical (unpaired) electrons. The Morgan fingerprint density at radius 1 is 1.32 bits per heavy atom. The van der Waals surface area contributed by atoms with Gasteiger partial charge in [-0.15, -0.1) is 0 Å². The summed E-state index contributed by atoms with van der Waals surface area (Å²) in [5.41, 5.74) is -2.88. The Hall–Kier alpha value is -0.890. The zero-order chi connectivity index (χ0) is 14.5. The summed E-state index contributed by atoms with van der Waals surface area (Å²) in [5, 5.41) is 10.1. The molecule has 1 saturated heterocycles. The minimum Gasteiger partial charge on any atom is -0.379 e. The largest absolute Gasteiger partial charge is 0.419 e. The quantitative estimate of drug-likeness (QED) is 0.864. The van der Waals surface area contributed by atoms with Crippen molar-refractivity contribution >= 4 is 16.7 Å². The van der Waals surface area contributed by atoms with Gasteiger partial charge in [0.15, 0.2) is 5.60 Å². The van der Waals surface area contributed by atoms with Crippen molar-refractivity contribution in [2.24, 2.45) is 0 Å². The average molecular weight is 295 g/mol. The number of hydrogen-bond acceptors (Lipinski definition) is 5. The number of alkyl halides is 3. The van der Waals surface area contributed by atoms with E-state index in [1.807, 2.05) is 20.8 Å². The van der Waals surface area contributed by atoms with Crippen molar-refractivity contribution in [2.45, 2.75) is 44.4 Å². The number of anilines is 1. The SMILES string of the molecule is CC(C)(C)c1nsc(N2CCC(O)(C(F)(F)F)C2)n1. The van der Waals surface area contributed by atoms with Gasteiger partial charge in [-0.05, 0) is 0 Å². The lowest BCUT2D eigenvalue weighted by atomic mass is 9.96. The van der Waals surface area contributed by atoms with E-state index in [-0.39, 0.29) is 18.4 Å². The number of halogens is 3. The molecule has 0 bridgehead atoms. The number of β-amino-alcohol motifs (C(OH)–C–C–N with tert-alkyl or cyclic N) is 1. The summed E-state index contributed by atoms with van der Waals surface area (Å²) in [7, 11) is 0. The topological polar surface area (TPSA) is 49.2 Å². The minimum absolute atomic E-state index is 0.134. The van der Waals surface area contributed by atoms with Gasteiger partial charge in [0.1, 0.15) is 5.82 Å². The third-order valence-corrected chi connectivity index (χ3v) is 3.91. The Morgan fingerprint density at radius 2 is 1.95 bits per heavy atom. The molecule has 4 nitrogen and oxygen atoms in total. The molecule has 0 amide bonds. The van der Waals surface area contributed by atoms with Crippen molar-refractivity contribution in [3.63, 3.8) is 0 Å². The van der Waals surface area contributed by atoms with Gasteiger partial charge < -0.3 is 10.0 Å². The molecule has 0 spiro atoms. The molecule has 1 N–H and O–H groups in total. The molecule has 1 aliphatic rings. The van der Waals surface area contributed by atoms with Crippen LogP contribution in [0.2, 0.25) is 0 Å². The van der Waals surface area contributed by atoms with Crippen LogP contribution in [0.5, 0.6) is 0 Å². The van der Waals surface area contributed by atoms with E-state index < -0.39 is 18.3 Å². The van der Waals surface area contributed by atoms with Gasteiger partial charge in [-0.3, -0.25) is 0 Å². The fraction of sp³-hybridized carbons (Fsp3) is 0.818. The summed E-state index contributed by atoms with van der Waals surface area (Å²) in [6.07, 6.45) is -4.94. The van der Waals surface area contributed by atoms with Crippen LogP contribution in [0.25, 0.3) is 0 Å². The van der Waals surface area contributed by atoms with Gasteiger partial charge >= 0.3 is 6.18 Å². The Bertz CT molecular complexity index is 468. The molecule has 1 unspecified atom stereocenters. The van der Waals surface area contributed by atoms with Crippen LogP contribution in [0, 0.1) is 0 Å². The van der Waals surface area contributed by atoms with Gasteiger partial charge in [-0.25, -0.2) is 4.98 Å². The molecule has 1 aromatic heterocycles. The normalized spacial score (nSPS) is 25.1. The van der Waals surface area contributed by atoms with E-state index in [2.05, 4.69) is 9.36 Å². The molecule has 1 aliphatic heterocycles. The van der Waals surface area contributed by atoms with Crippen LogP contribution in [-0.2, 0) is 5.41 Å². The summed E-state index contributed by atoms with van der Waals surface area (Å²) in [6, 6.07) is 0. The average Bonchev–Trinajstić information content (AvgIpc) is 2.81. The predicted molar refractivity (Wildman–Crippen MR) is 66.4 cm³/mol. The molecule has 108 valence electrons. The molecule has 0 saturated carbocycles. The van der Waals surface area contributed by atoms with Crippen LogP contribution >= 0.6 is 11.5 Å². The Morgan fingerprint density at radius 3 is 2.37 bits per heavy atom. The number of aliphatic hydroxyl groups is 1. The van der Waals surface area contributed by atoms with Crippen LogP contribution in [-0.4, -0.2) is 39.3 Å². The summed E-state index contributed by atoms with van der Waals surface area (Å²) in [4.78, 5) is 5.71. The highest BCUT2D eigenvalue weighted by molar-refractivity contribution is 7.09. The maximum atomic E-state index is 12.7. The third-order valence-electron chi connectivity index (χ3n) is 3.13. The second-order valence-electron chi connectivity index (χ2n) is 5.85. The lowest BCUT2D eigenvalue weighted by molar-refractivity contribution is -0.250. The highest BCUT2D eigenvalue weighted by atomic mass is 32.1. The minimum atomic E-state index is -4.61. The number of nitrogens with zero attached hydrogens (tertiary/aromatic N) is 3. The first-order chi connectivity index (χ1) is 8.53. The summed E-state index contributed by atoms with van der Waals surface area (Å²) in [5.74, 6) is 0.606. The van der Waals surface area contributed by atoms with E-state index >= 15 is 0 Å². The molecular formula is C11H16F3N3OS. The highest BCUT2D eigenvalue weighted by Crippen LogP contribution is 2.39. The first-order valence-electron chi connectivity index (χ1n) is 5.91. The van der Waals surface area contributed by atoms with Crippen LogP contribution in [0.1, 0.15) is 33.0 Å². The molecular weight excluding hydrogens is 279 g/mol. The van der Waals surface area contributed by atoms with E-state index in [0.29, 0.717) is 11.0 Å². The molecule has 1 aromatic rings. The maximum absolute atomic E-state index is 12.7. The Labute approximate surface area is 113 Å². The molecule has 2 rings (SSSR count). The van der Waals surface area contributed by atoms with Gasteiger partial charge in [0, 0.05) is 29.9 Å². The van der Waals surface area contributed by atoms with Crippen LogP contribution < -0.4 is 4.90 Å². The van der Waals surface area contributed by atoms with Crippen LogP contribution in [0.15, 0.2) is 0 Å². The molecule has 8 heteroatoms. The summed E-state index contributed by atoms with van der Waals surface area (Å²) in [6.45, 7) is 5.47. The number of rotatable bonds is 1. The lowest BCUT2D eigenvalue weighted by Crippen LogP contribution is -2.47. The summed E-state index contributed by atoms with van der Waals surface area (Å²) < 4.78 is 42.3. The maximum Gasteiger partial charge on any atom is 0.419 e. The fourth-order valence-electron chi connectivity index (χ4n) is 1.84. The van der Waals surface area contributed by atoms with E-state index in [4.69, 9.17) is 0 Å². The first-order valence-corrected chi connectivity index (χ1v) is 6.68. The fourth-order valence-corrected chi connectivity index (χ4v) is 2.72. The zero-order valence-corrected chi connectivity index (χ0v) is 11.8. The molecule has 1 atom stereocenters. The zero-order valence-electron chi connectivity index (χ0n) is 11.0. The Kier molecular flexibility index (Phi) is 3.29. The van der Waals surface area contributed by atoms with Gasteiger partial charge in [0.05, 0.1) is 6.54 Å². The van der Waals surface area contributed by atoms with E-state index in [1.165, 1.54) is 4.90 Å².